The molecule has 0 spiro atoms. The molecule has 0 radical (unpaired) electrons. The molecule has 0 aromatic rings. The van der Waals surface area contributed by atoms with Gasteiger partial charge in [0.05, 0.1) is 12.1 Å². The minimum Gasteiger partial charge on any atom is -0.316 e. The minimum atomic E-state index is -0.224. The van der Waals surface area contributed by atoms with Crippen LogP contribution in [0.25, 0.3) is 0 Å². The average Bonchev–Trinajstić information content (AvgIpc) is 2.06. The van der Waals surface area contributed by atoms with Crippen molar-refractivity contribution >= 4 is 0 Å². The lowest BCUT2D eigenvalue weighted by molar-refractivity contribution is 0.331. The maximum absolute atomic E-state index is 8.49. The summed E-state index contributed by atoms with van der Waals surface area (Å²) < 4.78 is 0. The molecule has 2 nitrogen and oxygen atoms in total. The third kappa shape index (κ3) is 2.90. The van der Waals surface area contributed by atoms with Crippen molar-refractivity contribution in [3.05, 3.63) is 0 Å². The van der Waals surface area contributed by atoms with Gasteiger partial charge in [-0.1, -0.05) is 32.1 Å². The molecule has 1 aliphatic rings. The van der Waals surface area contributed by atoms with Crippen molar-refractivity contribution in [3.8, 4) is 6.07 Å². The Morgan fingerprint density at radius 3 is 2.55 bits per heavy atom. The normalized spacial score (nSPS) is 22.5. The van der Waals surface area contributed by atoms with E-state index in [-0.39, 0.29) is 6.04 Å². The lowest BCUT2D eigenvalue weighted by atomic mass is 9.85. The average molecular weight is 152 g/mol. The Kier molecular flexibility index (Phi) is 3.38. The number of hydrogen-bond acceptors (Lipinski definition) is 2. The van der Waals surface area contributed by atoms with Gasteiger partial charge in [0.15, 0.2) is 0 Å². The summed E-state index contributed by atoms with van der Waals surface area (Å²) in [6.45, 7) is 0. The predicted octanol–water partition coefficient (Wildman–Crippen LogP) is 1.81. The molecule has 2 heteroatoms. The van der Waals surface area contributed by atoms with E-state index >= 15 is 0 Å². The highest BCUT2D eigenvalue weighted by molar-refractivity contribution is 4.88. The molecule has 0 aromatic heterocycles. The van der Waals surface area contributed by atoms with Gasteiger partial charge in [0, 0.05) is 0 Å². The van der Waals surface area contributed by atoms with E-state index < -0.39 is 0 Å². The molecule has 0 aliphatic heterocycles. The smallest absolute Gasteiger partial charge is 0.0930 e. The van der Waals surface area contributed by atoms with Crippen molar-refractivity contribution in [1.82, 2.24) is 0 Å². The summed E-state index contributed by atoms with van der Waals surface area (Å²) in [6, 6.07) is 1.87. The van der Waals surface area contributed by atoms with Gasteiger partial charge in [-0.05, 0) is 12.3 Å². The van der Waals surface area contributed by atoms with E-state index in [0.29, 0.717) is 0 Å². The predicted molar refractivity (Wildman–Crippen MR) is 44.8 cm³/mol. The van der Waals surface area contributed by atoms with Crippen LogP contribution < -0.4 is 5.73 Å². The molecule has 11 heavy (non-hydrogen) atoms. The lowest BCUT2D eigenvalue weighted by Gasteiger charge is -2.21. The van der Waals surface area contributed by atoms with Crippen LogP contribution in [0.3, 0.4) is 0 Å². The van der Waals surface area contributed by atoms with Crippen LogP contribution in [0.1, 0.15) is 38.5 Å². The van der Waals surface area contributed by atoms with Gasteiger partial charge in [0.2, 0.25) is 0 Å². The monoisotopic (exact) mass is 152 g/mol. The van der Waals surface area contributed by atoms with Gasteiger partial charge in [-0.15, -0.1) is 0 Å². The zero-order chi connectivity index (χ0) is 8.10. The fraction of sp³-hybridized carbons (Fsp3) is 0.889. The zero-order valence-corrected chi connectivity index (χ0v) is 6.92. The van der Waals surface area contributed by atoms with E-state index in [9.17, 15) is 0 Å². The number of hydrogen-bond donors (Lipinski definition) is 1. The van der Waals surface area contributed by atoms with Crippen LogP contribution in [0.4, 0.5) is 0 Å². The maximum atomic E-state index is 8.49. The third-order valence-electron chi connectivity index (χ3n) is 2.48. The van der Waals surface area contributed by atoms with Crippen LogP contribution in [0, 0.1) is 17.2 Å². The van der Waals surface area contributed by atoms with Crippen molar-refractivity contribution < 1.29 is 0 Å². The van der Waals surface area contributed by atoms with Crippen molar-refractivity contribution in [1.29, 1.82) is 5.26 Å². The molecule has 62 valence electrons. The summed E-state index contributed by atoms with van der Waals surface area (Å²) in [6.07, 6.45) is 7.53. The van der Waals surface area contributed by atoms with E-state index in [1.807, 2.05) is 0 Å². The molecule has 0 amide bonds. The van der Waals surface area contributed by atoms with Gasteiger partial charge < -0.3 is 5.73 Å². The second kappa shape index (κ2) is 4.35. The summed E-state index contributed by atoms with van der Waals surface area (Å²) in [5.41, 5.74) is 5.54. The van der Waals surface area contributed by atoms with E-state index in [1.165, 1.54) is 32.1 Å². The maximum Gasteiger partial charge on any atom is 0.0930 e. The van der Waals surface area contributed by atoms with Gasteiger partial charge in [-0.3, -0.25) is 0 Å². The van der Waals surface area contributed by atoms with Gasteiger partial charge in [0.25, 0.3) is 0 Å². The first kappa shape index (κ1) is 8.55. The van der Waals surface area contributed by atoms with Gasteiger partial charge in [-0.2, -0.15) is 5.26 Å². The Morgan fingerprint density at radius 1 is 1.36 bits per heavy atom. The van der Waals surface area contributed by atoms with Crippen LogP contribution in [-0.2, 0) is 0 Å². The Morgan fingerprint density at radius 2 is 2.00 bits per heavy atom. The van der Waals surface area contributed by atoms with Crippen LogP contribution in [0.2, 0.25) is 0 Å². The minimum absolute atomic E-state index is 0.224. The molecule has 2 N–H and O–H groups in total. The second-order valence-electron chi connectivity index (χ2n) is 3.48. The summed E-state index contributed by atoms with van der Waals surface area (Å²) >= 11 is 0. The first-order valence-electron chi connectivity index (χ1n) is 4.48. The largest absolute Gasteiger partial charge is 0.316 e. The summed E-state index contributed by atoms with van der Waals surface area (Å²) in [4.78, 5) is 0. The summed E-state index contributed by atoms with van der Waals surface area (Å²) in [5.74, 6) is 0.735. The van der Waals surface area contributed by atoms with Crippen molar-refractivity contribution in [2.45, 2.75) is 44.6 Å². The summed E-state index contributed by atoms with van der Waals surface area (Å²) in [7, 11) is 0. The van der Waals surface area contributed by atoms with Crippen molar-refractivity contribution in [2.75, 3.05) is 0 Å². The van der Waals surface area contributed by atoms with Crippen molar-refractivity contribution in [2.24, 2.45) is 11.7 Å². The van der Waals surface area contributed by atoms with E-state index in [2.05, 4.69) is 6.07 Å². The first-order chi connectivity index (χ1) is 5.33. The number of nitriles is 1. The highest BCUT2D eigenvalue weighted by atomic mass is 14.6. The molecular formula is C9H16N2. The molecule has 1 saturated carbocycles. The van der Waals surface area contributed by atoms with Crippen molar-refractivity contribution in [3.63, 3.8) is 0 Å². The molecule has 0 bridgehead atoms. The number of nitrogens with two attached hydrogens (primary N) is 1. The second-order valence-corrected chi connectivity index (χ2v) is 3.48. The molecule has 0 heterocycles. The van der Waals surface area contributed by atoms with Gasteiger partial charge in [0.1, 0.15) is 0 Å². The Labute approximate surface area is 68.4 Å². The topological polar surface area (TPSA) is 49.8 Å². The van der Waals surface area contributed by atoms with E-state index in [0.717, 1.165) is 12.3 Å². The number of nitrogens with zero attached hydrogens (tertiary/aromatic N) is 1. The van der Waals surface area contributed by atoms with Crippen LogP contribution in [0.15, 0.2) is 0 Å². The fourth-order valence-corrected chi connectivity index (χ4v) is 1.83. The fourth-order valence-electron chi connectivity index (χ4n) is 1.83. The molecule has 1 rings (SSSR count). The molecular weight excluding hydrogens is 136 g/mol. The quantitative estimate of drug-likeness (QED) is 0.656. The Balaban J connectivity index is 2.20. The van der Waals surface area contributed by atoms with Gasteiger partial charge >= 0.3 is 0 Å². The Hall–Kier alpha value is -0.550. The van der Waals surface area contributed by atoms with E-state index in [1.54, 1.807) is 0 Å². The molecule has 1 atom stereocenters. The van der Waals surface area contributed by atoms with Gasteiger partial charge in [-0.25, -0.2) is 0 Å². The van der Waals surface area contributed by atoms with Crippen LogP contribution >= 0.6 is 0 Å². The lowest BCUT2D eigenvalue weighted by Crippen LogP contribution is -2.22. The molecule has 0 aromatic carbocycles. The Bertz CT molecular complexity index is 142. The molecule has 1 aliphatic carbocycles. The first-order valence-corrected chi connectivity index (χ1v) is 4.48. The molecule has 0 saturated heterocycles. The van der Waals surface area contributed by atoms with E-state index in [4.69, 9.17) is 11.0 Å². The highest BCUT2D eigenvalue weighted by Crippen LogP contribution is 2.26. The summed E-state index contributed by atoms with van der Waals surface area (Å²) in [5, 5.41) is 8.49. The molecule has 1 unspecified atom stereocenters. The highest BCUT2D eigenvalue weighted by Gasteiger charge is 2.15. The van der Waals surface area contributed by atoms with Crippen LogP contribution in [0.5, 0.6) is 0 Å². The zero-order valence-electron chi connectivity index (χ0n) is 6.92. The molecule has 1 fully saturated rings. The number of rotatable bonds is 2. The van der Waals surface area contributed by atoms with Crippen LogP contribution in [-0.4, -0.2) is 6.04 Å². The third-order valence-corrected chi connectivity index (χ3v) is 2.48. The standard InChI is InChI=1S/C9H16N2/c10-7-9(11)6-8-4-2-1-3-5-8/h8-9H,1-6,11H2. The SMILES string of the molecule is N#CC(N)CC1CCCCC1.